The second-order valence-corrected chi connectivity index (χ2v) is 7.25. The van der Waals surface area contributed by atoms with E-state index in [4.69, 9.17) is 9.15 Å². The number of hydrogen-bond donors (Lipinski definition) is 1. The highest BCUT2D eigenvalue weighted by atomic mass is 16.5. The fourth-order valence-electron chi connectivity index (χ4n) is 4.05. The second-order valence-electron chi connectivity index (χ2n) is 7.25. The first kappa shape index (κ1) is 16.4. The van der Waals surface area contributed by atoms with Crippen LogP contribution in [-0.2, 0) is 17.8 Å². The minimum Gasteiger partial charge on any atom is -0.460 e. The molecule has 3 aromatic heterocycles. The van der Waals surface area contributed by atoms with Crippen molar-refractivity contribution in [3.63, 3.8) is 0 Å². The van der Waals surface area contributed by atoms with Crippen LogP contribution in [0.3, 0.4) is 0 Å². The van der Waals surface area contributed by atoms with Crippen LogP contribution in [0.15, 0.2) is 33.8 Å². The van der Waals surface area contributed by atoms with Crippen molar-refractivity contribution in [2.24, 2.45) is 0 Å². The van der Waals surface area contributed by atoms with Crippen LogP contribution >= 0.6 is 0 Å². The van der Waals surface area contributed by atoms with E-state index >= 15 is 0 Å². The third-order valence-electron chi connectivity index (χ3n) is 5.51. The Balaban J connectivity index is 1.29. The number of aromatic nitrogens is 4. The van der Waals surface area contributed by atoms with Gasteiger partial charge in [0.05, 0.1) is 37.4 Å². The number of anilines is 1. The Morgan fingerprint density at radius 2 is 2.11 bits per heavy atom. The van der Waals surface area contributed by atoms with Crippen molar-refractivity contribution >= 4 is 16.8 Å². The maximum Gasteiger partial charge on any atom is 0.267 e. The van der Waals surface area contributed by atoms with Crippen LogP contribution in [0, 0.1) is 0 Å². The fourth-order valence-corrected chi connectivity index (χ4v) is 4.05. The monoisotopic (exact) mass is 367 g/mol. The van der Waals surface area contributed by atoms with Gasteiger partial charge in [-0.3, -0.25) is 4.79 Å². The maximum absolute atomic E-state index is 12.5. The number of ether oxygens (including phenoxy) is 1. The van der Waals surface area contributed by atoms with Gasteiger partial charge in [0, 0.05) is 29.5 Å². The predicted molar refractivity (Wildman–Crippen MR) is 98.6 cm³/mol. The van der Waals surface area contributed by atoms with Gasteiger partial charge in [0.15, 0.2) is 11.4 Å². The van der Waals surface area contributed by atoms with Gasteiger partial charge in [0.2, 0.25) is 0 Å². The summed E-state index contributed by atoms with van der Waals surface area (Å²) in [5.74, 6) is 0.685. The molecule has 2 aliphatic rings. The zero-order valence-electron chi connectivity index (χ0n) is 14.9. The van der Waals surface area contributed by atoms with Crippen molar-refractivity contribution in [1.82, 2.24) is 20.0 Å². The van der Waals surface area contributed by atoms with E-state index in [0.29, 0.717) is 19.0 Å². The smallest absolute Gasteiger partial charge is 0.267 e. The molecule has 3 aromatic rings. The van der Waals surface area contributed by atoms with Crippen molar-refractivity contribution < 1.29 is 9.15 Å². The van der Waals surface area contributed by atoms with E-state index in [0.717, 1.165) is 54.3 Å². The summed E-state index contributed by atoms with van der Waals surface area (Å²) >= 11 is 0. The molecule has 0 bridgehead atoms. The summed E-state index contributed by atoms with van der Waals surface area (Å²) < 4.78 is 12.6. The van der Waals surface area contributed by atoms with Gasteiger partial charge in [-0.25, -0.2) is 4.68 Å². The molecule has 0 unspecified atom stereocenters. The zero-order chi connectivity index (χ0) is 18.2. The topological polar surface area (TPSA) is 95.1 Å². The summed E-state index contributed by atoms with van der Waals surface area (Å²) in [6.45, 7) is 1.17. The number of nitrogens with zero attached hydrogens (tertiary/aromatic N) is 4. The van der Waals surface area contributed by atoms with Gasteiger partial charge in [0.1, 0.15) is 0 Å². The Morgan fingerprint density at radius 3 is 3.00 bits per heavy atom. The van der Waals surface area contributed by atoms with Crippen LogP contribution in [0.1, 0.15) is 43.0 Å². The van der Waals surface area contributed by atoms with E-state index in [9.17, 15) is 4.79 Å². The molecule has 140 valence electrons. The molecule has 5 rings (SSSR count). The molecule has 0 radical (unpaired) electrons. The van der Waals surface area contributed by atoms with E-state index in [1.807, 2.05) is 6.07 Å². The largest absolute Gasteiger partial charge is 0.460 e. The fraction of sp³-hybridized carbons (Fsp3) is 0.474. The van der Waals surface area contributed by atoms with Crippen molar-refractivity contribution in [2.75, 3.05) is 11.9 Å². The van der Waals surface area contributed by atoms with Gasteiger partial charge in [-0.15, -0.1) is 5.10 Å². The first-order valence-corrected chi connectivity index (χ1v) is 9.43. The Bertz CT molecular complexity index is 1020. The highest BCUT2D eigenvalue weighted by molar-refractivity contribution is 5.85. The lowest BCUT2D eigenvalue weighted by Gasteiger charge is -2.30. The molecule has 0 aromatic carbocycles. The van der Waals surface area contributed by atoms with E-state index < -0.39 is 0 Å². The Hall–Kier alpha value is -2.74. The molecule has 27 heavy (non-hydrogen) atoms. The summed E-state index contributed by atoms with van der Waals surface area (Å²) in [4.78, 5) is 12.5. The number of furan rings is 1. The summed E-state index contributed by atoms with van der Waals surface area (Å²) in [5.41, 5.74) is 2.65. The highest BCUT2D eigenvalue weighted by Gasteiger charge is 2.26. The Kier molecular flexibility index (Phi) is 4.12. The molecule has 1 fully saturated rings. The molecular weight excluding hydrogens is 346 g/mol. The Morgan fingerprint density at radius 1 is 1.22 bits per heavy atom. The highest BCUT2D eigenvalue weighted by Crippen LogP contribution is 2.30. The van der Waals surface area contributed by atoms with E-state index in [-0.39, 0.29) is 17.6 Å². The van der Waals surface area contributed by atoms with Crippen LogP contribution in [-0.4, -0.2) is 32.6 Å². The number of fused-ring (bicyclic) bond motifs is 2. The van der Waals surface area contributed by atoms with Gasteiger partial charge in [0.25, 0.3) is 5.56 Å². The summed E-state index contributed by atoms with van der Waals surface area (Å²) in [5, 5.41) is 17.2. The van der Waals surface area contributed by atoms with Gasteiger partial charge in [-0.2, -0.15) is 10.2 Å². The third kappa shape index (κ3) is 3.10. The molecule has 1 aliphatic carbocycles. The van der Waals surface area contributed by atoms with Gasteiger partial charge >= 0.3 is 0 Å². The predicted octanol–water partition coefficient (Wildman–Crippen LogP) is 2.45. The first-order valence-electron chi connectivity index (χ1n) is 9.43. The molecular formula is C19H21N5O3. The van der Waals surface area contributed by atoms with E-state index in [1.54, 1.807) is 23.2 Å². The lowest BCUT2D eigenvalue weighted by Crippen LogP contribution is -2.35. The number of hydrogen-bond acceptors (Lipinski definition) is 7. The van der Waals surface area contributed by atoms with Crippen LogP contribution in [0.5, 0.6) is 0 Å². The SMILES string of the molecule is O=c1cc2c(nn1C1CCC(Nc3nncc4ccoc34)CC1)CCOC2. The van der Waals surface area contributed by atoms with E-state index in [1.165, 1.54) is 0 Å². The zero-order valence-corrected chi connectivity index (χ0v) is 14.9. The Labute approximate surface area is 155 Å². The average Bonchev–Trinajstić information content (AvgIpc) is 3.18. The minimum absolute atomic E-state index is 0.0260. The normalized spacial score (nSPS) is 22.5. The summed E-state index contributed by atoms with van der Waals surface area (Å²) in [6.07, 6.45) is 7.81. The second kappa shape index (κ2) is 6.77. The third-order valence-corrected chi connectivity index (χ3v) is 5.51. The molecule has 8 heteroatoms. The van der Waals surface area contributed by atoms with Crippen LogP contribution < -0.4 is 10.9 Å². The van der Waals surface area contributed by atoms with Crippen LogP contribution in [0.4, 0.5) is 5.82 Å². The lowest BCUT2D eigenvalue weighted by atomic mass is 9.91. The van der Waals surface area contributed by atoms with Crippen molar-refractivity contribution in [1.29, 1.82) is 0 Å². The minimum atomic E-state index is -0.0260. The average molecular weight is 367 g/mol. The molecule has 0 amide bonds. The maximum atomic E-state index is 12.5. The lowest BCUT2D eigenvalue weighted by molar-refractivity contribution is 0.107. The molecule has 1 saturated carbocycles. The van der Waals surface area contributed by atoms with Gasteiger partial charge < -0.3 is 14.5 Å². The molecule has 0 saturated heterocycles. The van der Waals surface area contributed by atoms with Crippen LogP contribution in [0.2, 0.25) is 0 Å². The van der Waals surface area contributed by atoms with Crippen molar-refractivity contribution in [3.05, 3.63) is 46.2 Å². The molecule has 0 spiro atoms. The molecule has 0 atom stereocenters. The first-order chi connectivity index (χ1) is 13.3. The van der Waals surface area contributed by atoms with E-state index in [2.05, 4.69) is 20.6 Å². The van der Waals surface area contributed by atoms with Crippen molar-refractivity contribution in [2.45, 2.75) is 50.8 Å². The van der Waals surface area contributed by atoms with Crippen molar-refractivity contribution in [3.8, 4) is 0 Å². The molecule has 4 heterocycles. The summed E-state index contributed by atoms with van der Waals surface area (Å²) in [6, 6.07) is 4.01. The molecule has 8 nitrogen and oxygen atoms in total. The standard InChI is InChI=1S/C19H21N5O3/c25-17-9-13-11-26-7-6-16(13)23-24(17)15-3-1-14(2-4-15)21-19-18-12(5-8-27-18)10-20-22-19/h5,8-10,14-15H,1-4,6-7,11H2,(H,21,22). The summed E-state index contributed by atoms with van der Waals surface area (Å²) in [7, 11) is 0. The van der Waals surface area contributed by atoms with Gasteiger partial charge in [-0.1, -0.05) is 0 Å². The number of nitrogens with one attached hydrogen (secondary N) is 1. The van der Waals surface area contributed by atoms with Gasteiger partial charge in [-0.05, 0) is 31.7 Å². The van der Waals surface area contributed by atoms with Crippen LogP contribution in [0.25, 0.3) is 11.0 Å². The quantitative estimate of drug-likeness (QED) is 0.760. The molecule has 1 aliphatic heterocycles. The molecule has 1 N–H and O–H groups in total. The number of rotatable bonds is 3.